The van der Waals surface area contributed by atoms with Crippen LogP contribution in [-0.2, 0) is 9.53 Å². The highest BCUT2D eigenvalue weighted by atomic mass is 16.6. The summed E-state index contributed by atoms with van der Waals surface area (Å²) in [4.78, 5) is 27.0. The second-order valence-electron chi connectivity index (χ2n) is 6.88. The zero-order valence-corrected chi connectivity index (χ0v) is 15.0. The molecule has 27 heavy (non-hydrogen) atoms. The van der Waals surface area contributed by atoms with E-state index in [0.29, 0.717) is 30.8 Å². The maximum absolute atomic E-state index is 11.0. The Balaban J connectivity index is 1.55. The summed E-state index contributed by atoms with van der Waals surface area (Å²) >= 11 is 0. The molecule has 6 N–H and O–H groups in total. The van der Waals surface area contributed by atoms with Gasteiger partial charge in [0.25, 0.3) is 0 Å². The monoisotopic (exact) mass is 383 g/mol. The van der Waals surface area contributed by atoms with E-state index in [0.717, 1.165) is 0 Å². The van der Waals surface area contributed by atoms with Gasteiger partial charge >= 0.3 is 5.91 Å². The molecule has 0 aromatic heterocycles. The molecule has 0 aromatic carbocycles. The van der Waals surface area contributed by atoms with E-state index in [9.17, 15) is 20.2 Å². The number of ether oxygens (including phenoxy) is 1. The number of aliphatic hydroxyl groups is 2. The zero-order valence-electron chi connectivity index (χ0n) is 15.0. The lowest BCUT2D eigenvalue weighted by molar-refractivity contribution is -0.500. The Morgan fingerprint density at radius 3 is 2.96 bits per heavy atom. The highest BCUT2D eigenvalue weighted by Crippen LogP contribution is 2.29. The van der Waals surface area contributed by atoms with Crippen molar-refractivity contribution in [1.82, 2.24) is 9.80 Å². The Hall–Kier alpha value is -1.96. The van der Waals surface area contributed by atoms with Gasteiger partial charge in [-0.05, 0) is 20.0 Å². The zero-order chi connectivity index (χ0) is 19.6. The molecule has 5 unspecified atom stereocenters. The molecule has 3 aliphatic heterocycles. The molecule has 1 fully saturated rings. The van der Waals surface area contributed by atoms with Gasteiger partial charge < -0.3 is 41.2 Å². The van der Waals surface area contributed by atoms with Gasteiger partial charge in [-0.3, -0.25) is 4.99 Å². The molecule has 12 nitrogen and oxygen atoms in total. The molecule has 3 heterocycles. The van der Waals surface area contributed by atoms with Crippen molar-refractivity contribution in [3.8, 4) is 0 Å². The van der Waals surface area contributed by atoms with Crippen molar-refractivity contribution in [2.24, 2.45) is 20.7 Å². The second-order valence-corrected chi connectivity index (χ2v) is 6.88. The summed E-state index contributed by atoms with van der Waals surface area (Å²) in [6.07, 6.45) is -0.541. The number of amidine groups is 1. The van der Waals surface area contributed by atoms with Crippen LogP contribution in [0.1, 0.15) is 12.8 Å². The van der Waals surface area contributed by atoms with Crippen molar-refractivity contribution in [3.05, 3.63) is 5.21 Å². The number of nitrogens with two attached hydrogens (primary N) is 2. The summed E-state index contributed by atoms with van der Waals surface area (Å²) in [5.41, 5.74) is 6.15. The first-order valence-electron chi connectivity index (χ1n) is 8.76. The van der Waals surface area contributed by atoms with E-state index in [1.54, 1.807) is 4.90 Å². The lowest BCUT2D eigenvalue weighted by Gasteiger charge is -2.31. The van der Waals surface area contributed by atoms with Crippen LogP contribution in [0.15, 0.2) is 15.0 Å². The van der Waals surface area contributed by atoms with Crippen LogP contribution in [0.4, 0.5) is 0 Å². The number of hydrogen-bond acceptors (Lipinski definition) is 11. The molecular weight excluding hydrogens is 358 g/mol. The molecule has 1 saturated heterocycles. The van der Waals surface area contributed by atoms with Gasteiger partial charge in [0.05, 0.1) is 12.8 Å². The largest absolute Gasteiger partial charge is 0.628 e. The lowest BCUT2D eigenvalue weighted by atomic mass is 10.1. The predicted molar refractivity (Wildman–Crippen MR) is 95.7 cm³/mol. The predicted octanol–water partition coefficient (Wildman–Crippen LogP) is -3.83. The summed E-state index contributed by atoms with van der Waals surface area (Å²) in [5, 5.41) is 31.2. The smallest absolute Gasteiger partial charge is 0.310 e. The standard InChI is InChI=1S/C15H25N7O5/c1-21(4-2-3-9(23)20-26)5-8-11(24)12(25)15(27-8)22-7-19-10-13(16)17-6-18-14(10)22/h6-8,10-12,14-15,24-25H,2-5,20H2,1H3,(H2,16,17,18)/t8?,10?,11-,12?,14?,15?/m1/s1. The third kappa shape index (κ3) is 4.15. The van der Waals surface area contributed by atoms with Crippen molar-refractivity contribution in [2.45, 2.75) is 49.6 Å². The molecule has 1 amide bonds. The number of aliphatic hydroxyl groups excluding tert-OH is 2. The molecule has 0 aromatic rings. The number of hydrogen-bond donors (Lipinski definition) is 4. The van der Waals surface area contributed by atoms with E-state index in [1.165, 1.54) is 12.7 Å². The van der Waals surface area contributed by atoms with Gasteiger partial charge in [-0.2, -0.15) is 0 Å². The number of aliphatic imine (C=N–C) groups is 3. The van der Waals surface area contributed by atoms with Gasteiger partial charge in [0.15, 0.2) is 12.4 Å². The van der Waals surface area contributed by atoms with Crippen molar-refractivity contribution < 1.29 is 25.2 Å². The minimum atomic E-state index is -1.14. The number of fused-ring (bicyclic) bond motifs is 1. The van der Waals surface area contributed by atoms with Crippen LogP contribution < -0.4 is 11.2 Å². The first-order chi connectivity index (χ1) is 12.9. The number of amides is 1. The Morgan fingerprint density at radius 1 is 1.44 bits per heavy atom. The molecule has 6 atom stereocenters. The number of rotatable bonds is 7. The number of primary amides is 1. The molecule has 0 bridgehead atoms. The van der Waals surface area contributed by atoms with Crippen LogP contribution in [0.3, 0.4) is 0 Å². The van der Waals surface area contributed by atoms with Crippen LogP contribution in [0.25, 0.3) is 0 Å². The summed E-state index contributed by atoms with van der Waals surface area (Å²) in [5.74, 6) is -0.0994. The van der Waals surface area contributed by atoms with Gasteiger partial charge in [-0.1, -0.05) is 0 Å². The highest BCUT2D eigenvalue weighted by Gasteiger charge is 2.49. The minimum absolute atomic E-state index is 0.182. The summed E-state index contributed by atoms with van der Waals surface area (Å²) in [6, 6.07) is -0.431. The highest BCUT2D eigenvalue weighted by molar-refractivity contribution is 5.96. The van der Waals surface area contributed by atoms with Crippen molar-refractivity contribution in [2.75, 3.05) is 20.1 Å². The van der Waals surface area contributed by atoms with Crippen molar-refractivity contribution in [1.29, 1.82) is 0 Å². The van der Waals surface area contributed by atoms with Crippen molar-refractivity contribution in [3.63, 3.8) is 0 Å². The summed E-state index contributed by atoms with van der Waals surface area (Å²) in [7, 11) is 1.82. The molecule has 3 rings (SSSR count). The van der Waals surface area contributed by atoms with Gasteiger partial charge in [-0.25, -0.2) is 14.8 Å². The lowest BCUT2D eigenvalue weighted by Crippen LogP contribution is -2.81. The summed E-state index contributed by atoms with van der Waals surface area (Å²) in [6.45, 7) is 0.913. The van der Waals surface area contributed by atoms with Crippen LogP contribution in [0.2, 0.25) is 0 Å². The molecule has 0 saturated carbocycles. The fourth-order valence-corrected chi connectivity index (χ4v) is 3.41. The Kier molecular flexibility index (Phi) is 6.14. The van der Waals surface area contributed by atoms with E-state index in [-0.39, 0.29) is 6.42 Å². The van der Waals surface area contributed by atoms with Gasteiger partial charge in [0.2, 0.25) is 0 Å². The molecule has 150 valence electrons. The average molecular weight is 383 g/mol. The second kappa shape index (κ2) is 8.37. The molecule has 12 heteroatoms. The maximum Gasteiger partial charge on any atom is 0.310 e. The molecule has 0 aliphatic carbocycles. The fraction of sp³-hybridized carbons (Fsp3) is 0.733. The van der Waals surface area contributed by atoms with E-state index in [4.69, 9.17) is 10.5 Å². The van der Waals surface area contributed by atoms with Crippen LogP contribution >= 0.6 is 0 Å². The first-order valence-corrected chi connectivity index (χ1v) is 8.76. The van der Waals surface area contributed by atoms with Gasteiger partial charge in [-0.15, -0.1) is 0 Å². The quantitative estimate of drug-likeness (QED) is 0.323. The number of nitrogens with zero attached hydrogens (tertiary/aromatic N) is 5. The number of hydroxylamine groups is 1. The van der Waals surface area contributed by atoms with E-state index in [2.05, 4.69) is 15.0 Å². The molecule has 0 spiro atoms. The Labute approximate surface area is 156 Å². The molecule has 3 aliphatic rings. The average Bonchev–Trinajstić information content (AvgIpc) is 3.19. The molecular formula is C15H25N7O5. The summed E-state index contributed by atoms with van der Waals surface area (Å²) < 4.78 is 5.89. The van der Waals surface area contributed by atoms with E-state index in [1.807, 2.05) is 11.9 Å². The SMILES string of the molecule is CN(CCCC(=O)[NH2+][O-])CC1OC(N2C=NC3C(N)=NC=NC32)C(O)[C@@H]1O. The molecule has 0 radical (unpaired) electrons. The van der Waals surface area contributed by atoms with Crippen LogP contribution in [-0.4, -0.2) is 101 Å². The number of carbonyl (C=O) groups is 1. The van der Waals surface area contributed by atoms with Crippen LogP contribution in [0, 0.1) is 5.21 Å². The first kappa shape index (κ1) is 19.8. The Morgan fingerprint density at radius 2 is 2.22 bits per heavy atom. The fourth-order valence-electron chi connectivity index (χ4n) is 3.41. The van der Waals surface area contributed by atoms with Gasteiger partial charge in [0.1, 0.15) is 36.5 Å². The van der Waals surface area contributed by atoms with E-state index >= 15 is 0 Å². The van der Waals surface area contributed by atoms with Crippen molar-refractivity contribution >= 4 is 24.4 Å². The Bertz CT molecular complexity index is 642. The topological polar surface area (TPSA) is 176 Å². The number of likely N-dealkylation sites (N-methyl/N-ethyl adjacent to an activating group) is 1. The number of carbonyl (C=O) groups excluding carboxylic acids is 1. The maximum atomic E-state index is 11.0. The minimum Gasteiger partial charge on any atom is -0.628 e. The third-order valence-corrected chi connectivity index (χ3v) is 4.89. The van der Waals surface area contributed by atoms with Crippen LogP contribution in [0.5, 0.6) is 0 Å². The van der Waals surface area contributed by atoms with Gasteiger partial charge in [0, 0.05) is 6.54 Å². The van der Waals surface area contributed by atoms with E-state index < -0.39 is 42.7 Å². The third-order valence-electron chi connectivity index (χ3n) is 4.89. The number of quaternary nitrogens is 1. The normalized spacial score (nSPS) is 35.0.